The third-order valence-electron chi connectivity index (χ3n) is 3.59. The van der Waals surface area contributed by atoms with Gasteiger partial charge >= 0.3 is 0 Å². The molecular formula is C14H22N2O2S. The molecule has 0 aliphatic carbocycles. The molecule has 1 atom stereocenters. The quantitative estimate of drug-likeness (QED) is 0.900. The monoisotopic (exact) mass is 282 g/mol. The van der Waals surface area contributed by atoms with E-state index in [4.69, 9.17) is 4.74 Å². The standard InChI is InChI=1S/C14H22N2O2S/c1-3-16(10-11-5-4-7-15-9-11)14(17)13-12(18-2)6-8-19-13/h6,8,11,15H,3-5,7,9-10H2,1-2H3. The van der Waals surface area contributed by atoms with E-state index in [9.17, 15) is 4.79 Å². The van der Waals surface area contributed by atoms with Crippen LogP contribution in [0.1, 0.15) is 29.4 Å². The zero-order valence-corrected chi connectivity index (χ0v) is 12.5. The number of carbonyl (C=O) groups excluding carboxylic acids is 1. The fourth-order valence-electron chi connectivity index (χ4n) is 2.50. The van der Waals surface area contributed by atoms with Crippen LogP contribution in [0.3, 0.4) is 0 Å². The Morgan fingerprint density at radius 1 is 1.63 bits per heavy atom. The minimum atomic E-state index is 0.0972. The molecule has 1 amide bonds. The van der Waals surface area contributed by atoms with Gasteiger partial charge in [-0.3, -0.25) is 4.79 Å². The summed E-state index contributed by atoms with van der Waals surface area (Å²) >= 11 is 1.46. The van der Waals surface area contributed by atoms with E-state index >= 15 is 0 Å². The third-order valence-corrected chi connectivity index (χ3v) is 4.47. The Labute approximate surface area is 118 Å². The molecule has 1 aromatic rings. The molecule has 1 aromatic heterocycles. The first-order valence-electron chi connectivity index (χ1n) is 6.87. The molecule has 1 aliphatic rings. The Kier molecular flexibility index (Phi) is 5.22. The van der Waals surface area contributed by atoms with Crippen molar-refractivity contribution in [2.24, 2.45) is 5.92 Å². The Morgan fingerprint density at radius 2 is 2.47 bits per heavy atom. The molecule has 0 aromatic carbocycles. The molecule has 106 valence electrons. The van der Waals surface area contributed by atoms with Crippen molar-refractivity contribution in [3.05, 3.63) is 16.3 Å². The van der Waals surface area contributed by atoms with Gasteiger partial charge in [0.25, 0.3) is 5.91 Å². The number of methoxy groups -OCH3 is 1. The number of amides is 1. The maximum absolute atomic E-state index is 12.5. The van der Waals surface area contributed by atoms with Crippen LogP contribution in [0.4, 0.5) is 0 Å². The highest BCUT2D eigenvalue weighted by atomic mass is 32.1. The van der Waals surface area contributed by atoms with E-state index in [0.717, 1.165) is 26.2 Å². The molecular weight excluding hydrogens is 260 g/mol. The van der Waals surface area contributed by atoms with Crippen molar-refractivity contribution in [3.8, 4) is 5.75 Å². The Balaban J connectivity index is 2.02. The van der Waals surface area contributed by atoms with Crippen molar-refractivity contribution in [1.29, 1.82) is 0 Å². The van der Waals surface area contributed by atoms with Crippen LogP contribution in [0.2, 0.25) is 0 Å². The van der Waals surface area contributed by atoms with Gasteiger partial charge in [0.2, 0.25) is 0 Å². The third kappa shape index (κ3) is 3.48. The maximum atomic E-state index is 12.5. The second-order valence-corrected chi connectivity index (χ2v) is 5.79. The van der Waals surface area contributed by atoms with E-state index in [1.807, 2.05) is 23.3 Å². The molecule has 0 spiro atoms. The number of ether oxygens (including phenoxy) is 1. The SMILES string of the molecule is CCN(CC1CCCNC1)C(=O)c1sccc1OC. The highest BCUT2D eigenvalue weighted by molar-refractivity contribution is 7.12. The molecule has 1 unspecified atom stereocenters. The van der Waals surface area contributed by atoms with Crippen molar-refractivity contribution in [2.45, 2.75) is 19.8 Å². The molecule has 1 saturated heterocycles. The van der Waals surface area contributed by atoms with Gasteiger partial charge in [0.1, 0.15) is 10.6 Å². The summed E-state index contributed by atoms with van der Waals surface area (Å²) in [5.41, 5.74) is 0. The minimum Gasteiger partial charge on any atom is -0.495 e. The van der Waals surface area contributed by atoms with Gasteiger partial charge in [-0.05, 0) is 50.2 Å². The Hall–Kier alpha value is -1.07. The summed E-state index contributed by atoms with van der Waals surface area (Å²) in [5.74, 6) is 1.36. The van der Waals surface area contributed by atoms with Crippen LogP contribution in [0.15, 0.2) is 11.4 Å². The topological polar surface area (TPSA) is 41.6 Å². The largest absolute Gasteiger partial charge is 0.495 e. The van der Waals surface area contributed by atoms with Gasteiger partial charge in [-0.15, -0.1) is 11.3 Å². The van der Waals surface area contributed by atoms with E-state index in [1.54, 1.807) is 7.11 Å². The average molecular weight is 282 g/mol. The van der Waals surface area contributed by atoms with Crippen LogP contribution >= 0.6 is 11.3 Å². The smallest absolute Gasteiger partial charge is 0.267 e. The van der Waals surface area contributed by atoms with Crippen LogP contribution in [0, 0.1) is 5.92 Å². The number of hydrogen-bond donors (Lipinski definition) is 1. The molecule has 5 heteroatoms. The van der Waals surface area contributed by atoms with E-state index < -0.39 is 0 Å². The predicted octanol–water partition coefficient (Wildman–Crippen LogP) is 2.22. The summed E-state index contributed by atoms with van der Waals surface area (Å²) in [6.07, 6.45) is 2.41. The van der Waals surface area contributed by atoms with Crippen LogP contribution in [0.25, 0.3) is 0 Å². The van der Waals surface area contributed by atoms with Crippen LogP contribution in [-0.2, 0) is 0 Å². The lowest BCUT2D eigenvalue weighted by molar-refractivity contribution is 0.0731. The first-order chi connectivity index (χ1) is 9.26. The number of piperidine rings is 1. The van der Waals surface area contributed by atoms with E-state index in [1.165, 1.54) is 24.2 Å². The summed E-state index contributed by atoms with van der Waals surface area (Å²) in [4.78, 5) is 15.2. The molecule has 0 saturated carbocycles. The maximum Gasteiger partial charge on any atom is 0.267 e. The van der Waals surface area contributed by atoms with Gasteiger partial charge in [0.05, 0.1) is 7.11 Å². The summed E-state index contributed by atoms with van der Waals surface area (Å²) in [5, 5.41) is 5.31. The molecule has 2 rings (SSSR count). The Morgan fingerprint density at radius 3 is 3.11 bits per heavy atom. The highest BCUT2D eigenvalue weighted by Crippen LogP contribution is 2.26. The lowest BCUT2D eigenvalue weighted by Crippen LogP contribution is -2.40. The number of carbonyl (C=O) groups is 1. The molecule has 1 aliphatic heterocycles. The number of rotatable bonds is 5. The lowest BCUT2D eigenvalue weighted by Gasteiger charge is -2.29. The van der Waals surface area contributed by atoms with Crippen molar-refractivity contribution in [3.63, 3.8) is 0 Å². The molecule has 1 N–H and O–H groups in total. The van der Waals surface area contributed by atoms with Crippen molar-refractivity contribution in [2.75, 3.05) is 33.3 Å². The number of nitrogens with zero attached hydrogens (tertiary/aromatic N) is 1. The van der Waals surface area contributed by atoms with Crippen LogP contribution < -0.4 is 10.1 Å². The molecule has 4 nitrogen and oxygen atoms in total. The fraction of sp³-hybridized carbons (Fsp3) is 0.643. The van der Waals surface area contributed by atoms with Gasteiger partial charge in [-0.2, -0.15) is 0 Å². The van der Waals surface area contributed by atoms with Crippen LogP contribution in [0.5, 0.6) is 5.75 Å². The van der Waals surface area contributed by atoms with Gasteiger partial charge < -0.3 is 15.0 Å². The normalized spacial score (nSPS) is 19.2. The molecule has 0 bridgehead atoms. The van der Waals surface area contributed by atoms with Crippen molar-refractivity contribution >= 4 is 17.2 Å². The zero-order chi connectivity index (χ0) is 13.7. The summed E-state index contributed by atoms with van der Waals surface area (Å²) in [6.45, 7) is 5.74. The second-order valence-electron chi connectivity index (χ2n) is 4.87. The van der Waals surface area contributed by atoms with E-state index in [-0.39, 0.29) is 5.91 Å². The summed E-state index contributed by atoms with van der Waals surface area (Å²) in [6, 6.07) is 1.86. The predicted molar refractivity (Wildman–Crippen MR) is 78.0 cm³/mol. The summed E-state index contributed by atoms with van der Waals surface area (Å²) in [7, 11) is 1.61. The van der Waals surface area contributed by atoms with Gasteiger partial charge in [-0.25, -0.2) is 0 Å². The second kappa shape index (κ2) is 6.91. The van der Waals surface area contributed by atoms with Crippen LogP contribution in [-0.4, -0.2) is 44.1 Å². The first-order valence-corrected chi connectivity index (χ1v) is 7.75. The van der Waals surface area contributed by atoms with Gasteiger partial charge in [0, 0.05) is 13.1 Å². The number of hydrogen-bond acceptors (Lipinski definition) is 4. The zero-order valence-electron chi connectivity index (χ0n) is 11.6. The molecule has 0 radical (unpaired) electrons. The average Bonchev–Trinajstić information content (AvgIpc) is 2.93. The summed E-state index contributed by atoms with van der Waals surface area (Å²) < 4.78 is 5.24. The Bertz CT molecular complexity index is 413. The highest BCUT2D eigenvalue weighted by Gasteiger charge is 2.23. The van der Waals surface area contributed by atoms with E-state index in [0.29, 0.717) is 16.5 Å². The molecule has 2 heterocycles. The number of thiophene rings is 1. The van der Waals surface area contributed by atoms with Crippen molar-refractivity contribution < 1.29 is 9.53 Å². The molecule has 19 heavy (non-hydrogen) atoms. The van der Waals surface area contributed by atoms with Crippen molar-refractivity contribution in [1.82, 2.24) is 10.2 Å². The van der Waals surface area contributed by atoms with Gasteiger partial charge in [-0.1, -0.05) is 0 Å². The first kappa shape index (κ1) is 14.3. The minimum absolute atomic E-state index is 0.0972. The molecule has 1 fully saturated rings. The van der Waals surface area contributed by atoms with Gasteiger partial charge in [0.15, 0.2) is 0 Å². The fourth-order valence-corrected chi connectivity index (χ4v) is 3.33. The lowest BCUT2D eigenvalue weighted by atomic mass is 9.99. The number of nitrogens with one attached hydrogen (secondary N) is 1. The van der Waals surface area contributed by atoms with E-state index in [2.05, 4.69) is 5.32 Å².